The lowest BCUT2D eigenvalue weighted by Crippen LogP contribution is -2.34. The van der Waals surface area contributed by atoms with Crippen molar-refractivity contribution in [3.8, 4) is 23.3 Å². The highest BCUT2D eigenvalue weighted by Crippen LogP contribution is 2.30. The summed E-state index contributed by atoms with van der Waals surface area (Å²) >= 11 is 0. The number of nitrogens with one attached hydrogen (secondary N) is 2. The summed E-state index contributed by atoms with van der Waals surface area (Å²) in [5.41, 5.74) is 8.05. The molecule has 2 atom stereocenters. The number of aliphatic hydroxyl groups is 1. The summed E-state index contributed by atoms with van der Waals surface area (Å²) in [6.07, 6.45) is 1.59. The summed E-state index contributed by atoms with van der Waals surface area (Å²) in [6, 6.07) is 8.67. The van der Waals surface area contributed by atoms with Crippen molar-refractivity contribution in [3.63, 3.8) is 0 Å². The van der Waals surface area contributed by atoms with Gasteiger partial charge < -0.3 is 20.9 Å². The zero-order valence-electron chi connectivity index (χ0n) is 19.3. The fraction of sp³-hybridized carbons (Fsp3) is 0.435. The predicted octanol–water partition coefficient (Wildman–Crippen LogP) is 1.47. The molecule has 0 bridgehead atoms. The van der Waals surface area contributed by atoms with E-state index in [9.17, 15) is 20.0 Å². The lowest BCUT2D eigenvalue weighted by Gasteiger charge is -2.19. The van der Waals surface area contributed by atoms with Crippen molar-refractivity contribution in [3.05, 3.63) is 35.4 Å². The Morgan fingerprint density at radius 1 is 1.32 bits per heavy atom. The number of nitrogens with two attached hydrogens (primary N) is 1. The van der Waals surface area contributed by atoms with Gasteiger partial charge in [0.05, 0.1) is 17.2 Å². The molecule has 0 unspecified atom stereocenters. The van der Waals surface area contributed by atoms with E-state index < -0.39 is 11.5 Å². The van der Waals surface area contributed by atoms with Crippen molar-refractivity contribution >= 4 is 17.6 Å². The molecule has 0 spiro atoms. The molecule has 1 aromatic heterocycles. The van der Waals surface area contributed by atoms with E-state index in [0.717, 1.165) is 6.42 Å². The maximum Gasteiger partial charge on any atom is 0.284 e. The van der Waals surface area contributed by atoms with Crippen molar-refractivity contribution in [1.82, 2.24) is 20.8 Å². The third-order valence-corrected chi connectivity index (χ3v) is 5.04. The molecule has 1 aromatic carbocycles. The Kier molecular flexibility index (Phi) is 7.65. The van der Waals surface area contributed by atoms with Crippen LogP contribution in [-0.4, -0.2) is 51.2 Å². The maximum atomic E-state index is 12.8. The average molecular weight is 469 g/mol. The number of carbonyl (C=O) groups is 2. The van der Waals surface area contributed by atoms with Crippen LogP contribution in [0.2, 0.25) is 0 Å². The summed E-state index contributed by atoms with van der Waals surface area (Å²) in [5.74, 6) is -0.841. The van der Waals surface area contributed by atoms with Gasteiger partial charge >= 0.3 is 0 Å². The fourth-order valence-corrected chi connectivity index (χ4v) is 3.57. The second-order valence-corrected chi connectivity index (χ2v) is 8.79. The summed E-state index contributed by atoms with van der Waals surface area (Å²) in [4.78, 5) is 38.0. The van der Waals surface area contributed by atoms with E-state index in [4.69, 9.17) is 15.3 Å². The average Bonchev–Trinajstić information content (AvgIpc) is 3.18. The molecule has 11 nitrogen and oxygen atoms in total. The van der Waals surface area contributed by atoms with Gasteiger partial charge in [-0.1, -0.05) is 12.1 Å². The Morgan fingerprint density at radius 3 is 2.76 bits per heavy atom. The molecule has 1 aliphatic carbocycles. The number of ether oxygens (including phenoxy) is 1. The van der Waals surface area contributed by atoms with Gasteiger partial charge in [-0.15, -0.1) is 0 Å². The van der Waals surface area contributed by atoms with Gasteiger partial charge in [-0.05, 0) is 38.8 Å². The molecule has 180 valence electrons. The predicted molar refractivity (Wildman–Crippen MR) is 122 cm³/mol. The quantitative estimate of drug-likeness (QED) is 0.418. The van der Waals surface area contributed by atoms with Crippen LogP contribution in [0.3, 0.4) is 0 Å². The van der Waals surface area contributed by atoms with Gasteiger partial charge in [0.1, 0.15) is 24.1 Å². The van der Waals surface area contributed by atoms with Crippen LogP contribution in [0.5, 0.6) is 5.88 Å². The minimum absolute atomic E-state index is 0.0392. The minimum atomic E-state index is -1.16. The van der Waals surface area contributed by atoms with Gasteiger partial charge in [0, 0.05) is 24.9 Å². The smallest absolute Gasteiger partial charge is 0.284 e. The van der Waals surface area contributed by atoms with Gasteiger partial charge in [0.15, 0.2) is 5.82 Å². The van der Waals surface area contributed by atoms with Crippen LogP contribution < -0.4 is 21.3 Å². The van der Waals surface area contributed by atoms with Crippen LogP contribution in [0, 0.1) is 11.3 Å². The number of anilines is 1. The molecule has 5 N–H and O–H groups in total. The second kappa shape index (κ2) is 10.5. The third-order valence-electron chi connectivity index (χ3n) is 5.04. The number of hydrogen-bond acceptors (Lipinski definition) is 9. The highest BCUT2D eigenvalue weighted by molar-refractivity contribution is 6.00. The molecule has 1 aliphatic rings. The molecule has 34 heavy (non-hydrogen) atoms. The Labute approximate surface area is 197 Å². The van der Waals surface area contributed by atoms with Crippen molar-refractivity contribution in [2.75, 3.05) is 12.3 Å². The summed E-state index contributed by atoms with van der Waals surface area (Å²) in [5, 5.41) is 21.9. The fourth-order valence-electron chi connectivity index (χ4n) is 3.57. The SMILES string of the molecule is CC(=O)N[C@H]1CC[C@@H](Oc2nc(-c3cccc(C#N)c3)nc(N)c2C(=O)NOCC(C)(C)O)C1. The first kappa shape index (κ1) is 24.9. The second-order valence-electron chi connectivity index (χ2n) is 8.79. The Balaban J connectivity index is 1.91. The number of aromatic nitrogens is 2. The lowest BCUT2D eigenvalue weighted by atomic mass is 10.1. The number of carbonyl (C=O) groups excluding carboxylic acids is 2. The van der Waals surface area contributed by atoms with E-state index in [2.05, 4.69) is 26.8 Å². The number of hydrogen-bond donors (Lipinski definition) is 4. The number of nitrogens with zero attached hydrogens (tertiary/aromatic N) is 3. The van der Waals surface area contributed by atoms with Crippen molar-refractivity contribution in [1.29, 1.82) is 5.26 Å². The Bertz CT molecular complexity index is 1110. The normalized spacial score (nSPS) is 17.6. The van der Waals surface area contributed by atoms with Crippen LogP contribution in [0.25, 0.3) is 11.4 Å². The monoisotopic (exact) mass is 468 g/mol. The molecule has 0 radical (unpaired) electrons. The van der Waals surface area contributed by atoms with Crippen molar-refractivity contribution in [2.24, 2.45) is 0 Å². The maximum absolute atomic E-state index is 12.8. The minimum Gasteiger partial charge on any atom is -0.474 e. The first-order valence-electron chi connectivity index (χ1n) is 10.8. The van der Waals surface area contributed by atoms with E-state index >= 15 is 0 Å². The first-order chi connectivity index (χ1) is 16.1. The highest BCUT2D eigenvalue weighted by atomic mass is 16.7. The largest absolute Gasteiger partial charge is 0.474 e. The Hall–Kier alpha value is -3.75. The Morgan fingerprint density at radius 2 is 2.09 bits per heavy atom. The molecule has 1 heterocycles. The van der Waals surface area contributed by atoms with Crippen LogP contribution in [-0.2, 0) is 9.63 Å². The molecule has 2 aromatic rings. The zero-order chi connectivity index (χ0) is 24.9. The molecule has 3 rings (SSSR count). The van der Waals surface area contributed by atoms with Crippen molar-refractivity contribution in [2.45, 2.75) is 57.8 Å². The van der Waals surface area contributed by atoms with Gasteiger partial charge in [0.25, 0.3) is 5.91 Å². The van der Waals surface area contributed by atoms with E-state index in [1.165, 1.54) is 20.8 Å². The summed E-state index contributed by atoms with van der Waals surface area (Å²) in [6.45, 7) is 4.36. The van der Waals surface area contributed by atoms with Gasteiger partial charge in [-0.2, -0.15) is 10.2 Å². The van der Waals surface area contributed by atoms with Crippen LogP contribution >= 0.6 is 0 Å². The number of nitrogen functional groups attached to an aromatic ring is 1. The van der Waals surface area contributed by atoms with E-state index in [1.54, 1.807) is 24.3 Å². The first-order valence-corrected chi connectivity index (χ1v) is 10.8. The highest BCUT2D eigenvalue weighted by Gasteiger charge is 2.30. The lowest BCUT2D eigenvalue weighted by molar-refractivity contribution is -0.119. The van der Waals surface area contributed by atoms with Crippen LogP contribution in [0.15, 0.2) is 24.3 Å². The summed E-state index contributed by atoms with van der Waals surface area (Å²) < 4.78 is 6.07. The zero-order valence-corrected chi connectivity index (χ0v) is 19.3. The van der Waals surface area contributed by atoms with Gasteiger partial charge in [0.2, 0.25) is 11.8 Å². The molecule has 1 saturated carbocycles. The van der Waals surface area contributed by atoms with Crippen molar-refractivity contribution < 1.29 is 24.3 Å². The van der Waals surface area contributed by atoms with E-state index in [1.807, 2.05) is 0 Å². The number of hydroxylamine groups is 1. The number of nitriles is 1. The molecule has 2 amide bonds. The topological polar surface area (TPSA) is 172 Å². The molecule has 1 fully saturated rings. The van der Waals surface area contributed by atoms with Gasteiger partial charge in [-0.25, -0.2) is 10.5 Å². The van der Waals surface area contributed by atoms with E-state index in [-0.39, 0.29) is 47.7 Å². The number of rotatable bonds is 8. The molecule has 0 saturated heterocycles. The molecular weight excluding hydrogens is 440 g/mol. The number of benzene rings is 1. The van der Waals surface area contributed by atoms with Gasteiger partial charge in [-0.3, -0.25) is 14.4 Å². The van der Waals surface area contributed by atoms with E-state index in [0.29, 0.717) is 24.0 Å². The third kappa shape index (κ3) is 6.63. The molecular formula is C23H28N6O5. The van der Waals surface area contributed by atoms with Crippen LogP contribution in [0.1, 0.15) is 56.0 Å². The number of amides is 2. The summed E-state index contributed by atoms with van der Waals surface area (Å²) in [7, 11) is 0. The van der Waals surface area contributed by atoms with Crippen LogP contribution in [0.4, 0.5) is 5.82 Å². The molecule has 11 heteroatoms. The standard InChI is InChI=1S/C23H28N6O5/c1-13(30)26-16-7-8-17(10-16)34-22-18(21(31)29-33-12-23(2,3)32)19(25)27-20(28-22)15-6-4-5-14(9-15)11-24/h4-6,9,16-17,32H,7-8,10,12H2,1-3H3,(H,26,30)(H,29,31)(H2,25,27,28)/t16-,17+/m0/s1. The molecule has 0 aliphatic heterocycles.